The van der Waals surface area contributed by atoms with Gasteiger partial charge in [-0.1, -0.05) is 12.1 Å². The maximum atomic E-state index is 13.2. The molecule has 0 aliphatic carbocycles. The number of rotatable bonds is 5. The first-order chi connectivity index (χ1) is 15.2. The van der Waals surface area contributed by atoms with Crippen LogP contribution in [-0.2, 0) is 11.3 Å². The molecule has 1 amide bonds. The Morgan fingerprint density at radius 2 is 1.97 bits per heavy atom. The van der Waals surface area contributed by atoms with E-state index in [1.807, 2.05) is 0 Å². The zero-order valence-corrected chi connectivity index (χ0v) is 18.7. The van der Waals surface area contributed by atoms with Gasteiger partial charge in [0.15, 0.2) is 0 Å². The van der Waals surface area contributed by atoms with Gasteiger partial charge < -0.3 is 24.5 Å². The minimum absolute atomic E-state index is 0.0912. The van der Waals surface area contributed by atoms with Crippen LogP contribution in [0.25, 0.3) is 0 Å². The highest BCUT2D eigenvalue weighted by Gasteiger charge is 2.34. The highest BCUT2D eigenvalue weighted by molar-refractivity contribution is 7.99. The molecule has 2 heterocycles. The third-order valence-electron chi connectivity index (χ3n) is 4.41. The van der Waals surface area contributed by atoms with Crippen molar-refractivity contribution in [2.24, 2.45) is 0 Å². The molecule has 178 valence electrons. The molecule has 0 saturated carbocycles. The van der Waals surface area contributed by atoms with Crippen molar-refractivity contribution in [3.8, 4) is 5.75 Å². The highest BCUT2D eigenvalue weighted by atomic mass is 32.2. The number of carboxylic acids is 1. The number of aromatic nitrogens is 1. The summed E-state index contributed by atoms with van der Waals surface area (Å²) in [6.07, 6.45) is -4.49. The summed E-state index contributed by atoms with van der Waals surface area (Å²) in [5, 5.41) is 12.2. The number of thioether (sulfide) groups is 1. The predicted octanol–water partition coefficient (Wildman–Crippen LogP) is 4.16. The van der Waals surface area contributed by atoms with Gasteiger partial charge in [-0.05, 0) is 38.5 Å². The Morgan fingerprint density at radius 3 is 2.58 bits per heavy atom. The second-order valence-corrected chi connectivity index (χ2v) is 9.26. The quantitative estimate of drug-likeness (QED) is 0.653. The van der Waals surface area contributed by atoms with Gasteiger partial charge in [-0.2, -0.15) is 0 Å². The number of benzene rings is 1. The first kappa shape index (κ1) is 24.5. The Kier molecular flexibility index (Phi) is 6.68. The maximum absolute atomic E-state index is 13.2. The molecule has 12 heteroatoms. The number of alkyl halides is 3. The van der Waals surface area contributed by atoms with Crippen molar-refractivity contribution >= 4 is 23.8 Å². The van der Waals surface area contributed by atoms with E-state index in [0.29, 0.717) is 0 Å². The van der Waals surface area contributed by atoms with E-state index < -0.39 is 41.4 Å². The van der Waals surface area contributed by atoms with E-state index >= 15 is 0 Å². The molecule has 2 N–H and O–H groups in total. The molecule has 0 unspecified atom stereocenters. The minimum Gasteiger partial charge on any atom is -0.478 e. The minimum atomic E-state index is -4.88. The van der Waals surface area contributed by atoms with E-state index in [1.54, 1.807) is 20.8 Å². The lowest BCUT2D eigenvalue weighted by Gasteiger charge is -2.22. The molecular weight excluding hydrogens is 465 g/mol. The van der Waals surface area contributed by atoms with Crippen molar-refractivity contribution in [2.45, 2.75) is 50.2 Å². The standard InChI is InChI=1S/C21H21F3N2O6S/c1-20(2,3)32-19(30)25-14-10-33-16-13(18(28)29)9-26(17(27)15(14)16)8-11-5-4-6-12(7-11)31-21(22,23)24/h4-7,9,14H,8,10H2,1-3H3,(H,25,30)(H,28,29)/t14-/m0/s1. The monoisotopic (exact) mass is 486 g/mol. The molecule has 8 nitrogen and oxygen atoms in total. The summed E-state index contributed by atoms with van der Waals surface area (Å²) in [4.78, 5) is 37.4. The zero-order chi connectivity index (χ0) is 24.6. The van der Waals surface area contributed by atoms with Crippen molar-refractivity contribution in [3.63, 3.8) is 0 Å². The van der Waals surface area contributed by atoms with Gasteiger partial charge >= 0.3 is 18.4 Å². The van der Waals surface area contributed by atoms with Crippen molar-refractivity contribution in [1.82, 2.24) is 9.88 Å². The topological polar surface area (TPSA) is 107 Å². The molecule has 2 aromatic rings. The van der Waals surface area contributed by atoms with Crippen LogP contribution in [0.2, 0.25) is 0 Å². The Morgan fingerprint density at radius 1 is 1.27 bits per heavy atom. The number of ether oxygens (including phenoxy) is 2. The zero-order valence-electron chi connectivity index (χ0n) is 17.9. The van der Waals surface area contributed by atoms with Gasteiger partial charge in [0.1, 0.15) is 11.4 Å². The number of fused-ring (bicyclic) bond motifs is 1. The van der Waals surface area contributed by atoms with Gasteiger partial charge in [-0.25, -0.2) is 9.59 Å². The van der Waals surface area contributed by atoms with Crippen LogP contribution in [0, 0.1) is 0 Å². The summed E-state index contributed by atoms with van der Waals surface area (Å²) in [7, 11) is 0. The van der Waals surface area contributed by atoms with Crippen LogP contribution in [0.3, 0.4) is 0 Å². The molecule has 1 aliphatic rings. The summed E-state index contributed by atoms with van der Waals surface area (Å²) in [6.45, 7) is 4.83. The molecule has 1 aromatic carbocycles. The van der Waals surface area contributed by atoms with Gasteiger partial charge in [0.05, 0.1) is 23.7 Å². The predicted molar refractivity (Wildman–Crippen MR) is 113 cm³/mol. The van der Waals surface area contributed by atoms with Gasteiger partial charge in [0.25, 0.3) is 5.56 Å². The molecule has 33 heavy (non-hydrogen) atoms. The molecule has 3 rings (SSSR count). The van der Waals surface area contributed by atoms with E-state index in [1.165, 1.54) is 12.1 Å². The number of pyridine rings is 1. The van der Waals surface area contributed by atoms with Crippen molar-refractivity contribution in [2.75, 3.05) is 5.75 Å². The Balaban J connectivity index is 1.96. The number of halogens is 3. The van der Waals surface area contributed by atoms with Crippen molar-refractivity contribution < 1.29 is 37.3 Å². The van der Waals surface area contributed by atoms with Gasteiger partial charge in [0, 0.05) is 16.8 Å². The number of alkyl carbamates (subject to hydrolysis) is 1. The molecule has 0 saturated heterocycles. The molecule has 0 fully saturated rings. The first-order valence-corrected chi connectivity index (χ1v) is 10.7. The fraction of sp³-hybridized carbons (Fsp3) is 0.381. The first-order valence-electron chi connectivity index (χ1n) is 9.71. The number of hydrogen-bond acceptors (Lipinski definition) is 6. The Hall–Kier alpha value is -3.15. The molecule has 0 bridgehead atoms. The molecule has 0 radical (unpaired) electrons. The fourth-order valence-electron chi connectivity index (χ4n) is 3.25. The summed E-state index contributed by atoms with van der Waals surface area (Å²) in [5.41, 5.74) is -1.11. The number of amides is 1. The number of aromatic carboxylic acids is 1. The lowest BCUT2D eigenvalue weighted by Crippen LogP contribution is -2.38. The fourth-order valence-corrected chi connectivity index (χ4v) is 4.52. The summed E-state index contributed by atoms with van der Waals surface area (Å²) in [5.74, 6) is -1.52. The molecule has 1 aromatic heterocycles. The lowest BCUT2D eigenvalue weighted by atomic mass is 10.1. The Labute approximate surface area is 190 Å². The second kappa shape index (κ2) is 9.00. The van der Waals surface area contributed by atoms with Crippen molar-refractivity contribution in [3.05, 3.63) is 57.5 Å². The summed E-state index contributed by atoms with van der Waals surface area (Å²) in [6, 6.07) is 4.24. The number of nitrogens with zero attached hydrogens (tertiary/aromatic N) is 1. The largest absolute Gasteiger partial charge is 0.573 e. The SMILES string of the molecule is CC(C)(C)OC(=O)N[C@H]1CSc2c(C(=O)O)cn(Cc3cccc(OC(F)(F)F)c3)c(=O)c21. The number of carbonyl (C=O) groups excluding carboxylic acids is 1. The van der Waals surface area contributed by atoms with Crippen LogP contribution in [0.5, 0.6) is 5.75 Å². The van der Waals surface area contributed by atoms with Gasteiger partial charge in [-0.15, -0.1) is 24.9 Å². The summed E-state index contributed by atoms with van der Waals surface area (Å²) < 4.78 is 47.8. The number of carbonyl (C=O) groups is 2. The summed E-state index contributed by atoms with van der Waals surface area (Å²) >= 11 is 1.12. The molecule has 0 spiro atoms. The lowest BCUT2D eigenvalue weighted by molar-refractivity contribution is -0.274. The van der Waals surface area contributed by atoms with E-state index in [0.717, 1.165) is 34.7 Å². The van der Waals surface area contributed by atoms with Crippen molar-refractivity contribution in [1.29, 1.82) is 0 Å². The van der Waals surface area contributed by atoms with Crippen LogP contribution in [0.1, 0.15) is 48.3 Å². The van der Waals surface area contributed by atoms with E-state index in [2.05, 4.69) is 10.1 Å². The molecule has 1 aliphatic heterocycles. The normalized spacial score (nSPS) is 15.6. The third-order valence-corrected chi connectivity index (χ3v) is 5.64. The van der Waals surface area contributed by atoms with E-state index in [-0.39, 0.29) is 33.9 Å². The number of hydrogen-bond donors (Lipinski definition) is 2. The Bertz CT molecular complexity index is 1140. The van der Waals surface area contributed by atoms with Crippen LogP contribution in [0.4, 0.5) is 18.0 Å². The van der Waals surface area contributed by atoms with Gasteiger partial charge in [0.2, 0.25) is 0 Å². The molecular formula is C21H21F3N2O6S. The van der Waals surface area contributed by atoms with E-state index in [4.69, 9.17) is 4.74 Å². The van der Waals surface area contributed by atoms with Crippen LogP contribution >= 0.6 is 11.8 Å². The number of carboxylic acid groups (broad SMARTS) is 1. The maximum Gasteiger partial charge on any atom is 0.573 e. The number of nitrogens with one attached hydrogen (secondary N) is 1. The van der Waals surface area contributed by atoms with Crippen LogP contribution in [-0.4, -0.2) is 39.5 Å². The molecule has 1 atom stereocenters. The smallest absolute Gasteiger partial charge is 0.478 e. The van der Waals surface area contributed by atoms with Crippen LogP contribution in [0.15, 0.2) is 40.2 Å². The van der Waals surface area contributed by atoms with Crippen LogP contribution < -0.4 is 15.6 Å². The van der Waals surface area contributed by atoms with E-state index in [9.17, 15) is 32.7 Å². The third kappa shape index (κ3) is 6.21. The van der Waals surface area contributed by atoms with Gasteiger partial charge in [-0.3, -0.25) is 4.79 Å². The second-order valence-electron chi connectivity index (χ2n) is 8.23. The average Bonchev–Trinajstić information content (AvgIpc) is 3.04. The average molecular weight is 486 g/mol. The highest BCUT2D eigenvalue weighted by Crippen LogP contribution is 2.38.